The van der Waals surface area contributed by atoms with Gasteiger partial charge in [0.25, 0.3) is 0 Å². The lowest BCUT2D eigenvalue weighted by molar-refractivity contribution is -0.122. The number of halogens is 3. The van der Waals surface area contributed by atoms with Crippen LogP contribution in [0.5, 0.6) is 0 Å². The third-order valence-corrected chi connectivity index (χ3v) is 12.2. The molecule has 0 fully saturated rings. The quantitative estimate of drug-likeness (QED) is 0.125. The molecule has 2 atom stereocenters. The molecule has 0 saturated heterocycles. The van der Waals surface area contributed by atoms with Gasteiger partial charge in [-0.15, -0.1) is 0 Å². The number of benzene rings is 6. The van der Waals surface area contributed by atoms with E-state index in [-0.39, 0.29) is 17.1 Å². The molecule has 0 aliphatic carbocycles. The van der Waals surface area contributed by atoms with Gasteiger partial charge in [0.05, 0.1) is 16.4 Å². The highest BCUT2D eigenvalue weighted by molar-refractivity contribution is 9.10. The van der Waals surface area contributed by atoms with Gasteiger partial charge in [-0.1, -0.05) is 142 Å². The van der Waals surface area contributed by atoms with Crippen molar-refractivity contribution in [1.29, 1.82) is 0 Å². The van der Waals surface area contributed by atoms with Crippen molar-refractivity contribution >= 4 is 37.3 Å². The van der Waals surface area contributed by atoms with Crippen LogP contribution in [-0.4, -0.2) is 14.2 Å². The zero-order valence-corrected chi connectivity index (χ0v) is 34.5. The zero-order chi connectivity index (χ0) is 40.7. The van der Waals surface area contributed by atoms with E-state index < -0.39 is 39.0 Å². The van der Waals surface area contributed by atoms with Crippen LogP contribution in [0.1, 0.15) is 63.9 Å². The van der Waals surface area contributed by atoms with E-state index in [2.05, 4.69) is 32.5 Å². The molecule has 0 unspecified atom stereocenters. The van der Waals surface area contributed by atoms with Crippen LogP contribution in [0.4, 0.5) is 8.78 Å². The van der Waals surface area contributed by atoms with Crippen molar-refractivity contribution in [2.24, 2.45) is 5.92 Å². The van der Waals surface area contributed by atoms with E-state index in [9.17, 15) is 22.0 Å². The molecule has 0 aromatic heterocycles. The molecule has 6 aromatic rings. The Morgan fingerprint density at radius 3 is 1.56 bits per heavy atom. The van der Waals surface area contributed by atoms with Gasteiger partial charge in [-0.2, -0.15) is 0 Å². The van der Waals surface area contributed by atoms with E-state index in [1.807, 2.05) is 75.4 Å². The van der Waals surface area contributed by atoms with Crippen molar-refractivity contribution in [2.45, 2.75) is 50.5 Å². The molecule has 57 heavy (non-hydrogen) atoms. The molecule has 4 nitrogen and oxygen atoms in total. The molecule has 0 radical (unpaired) electrons. The molecule has 0 heterocycles. The maximum atomic E-state index is 14.6. The first-order valence-electron chi connectivity index (χ1n) is 18.5. The number of Topliss-reactive ketones (excluding diaryl/α,β-unsaturated/α-hetero) is 1. The highest BCUT2D eigenvalue weighted by atomic mass is 79.9. The minimum Gasteiger partial charge on any atom is -0.300 e. The highest BCUT2D eigenvalue weighted by Crippen LogP contribution is 2.43. The third-order valence-electron chi connectivity index (χ3n) is 10.2. The van der Waals surface area contributed by atoms with Gasteiger partial charge in [0.15, 0.2) is 0 Å². The van der Waals surface area contributed by atoms with Crippen LogP contribution in [0.3, 0.4) is 0 Å². The number of hydrogen-bond donors (Lipinski definition) is 1. The molecule has 0 aliphatic rings. The predicted molar refractivity (Wildman–Crippen MR) is 228 cm³/mol. The van der Waals surface area contributed by atoms with E-state index in [1.165, 1.54) is 43.3 Å². The van der Waals surface area contributed by atoms with Crippen LogP contribution in [0.15, 0.2) is 161 Å². The SMILES string of the molecule is CC(=O)[C@@H](CC(C#CC=C(c1ccc(C)cc1)c1ccc(C)cc1)(c1ccc(F)cc1)c1ccc(F)cc1)[C@H](NS(=O)(=O)c1ccc(C)cc1)c1ccc(Br)cc1. The standard InChI is InChI=1S/C49H42BrF2NO3S/c1-33-7-13-37(14-8-33)46(38-15-9-34(2)10-16-38)6-5-31-49(40-19-25-43(51)26-20-40,41-21-27-44(52)28-22-41)32-47(36(4)54)48(39-17-23-42(50)24-18-39)53-57(55,56)45-29-11-35(3)12-30-45/h6-30,47-48,53H,32H2,1-4H3/t47-,48-/m1/s1. The number of ketones is 1. The summed E-state index contributed by atoms with van der Waals surface area (Å²) in [6.45, 7) is 7.33. The Morgan fingerprint density at radius 1 is 0.684 bits per heavy atom. The first-order chi connectivity index (χ1) is 27.2. The molecular formula is C49H42BrF2NO3S. The summed E-state index contributed by atoms with van der Waals surface area (Å²) in [5.74, 6) is 4.56. The van der Waals surface area contributed by atoms with Crippen LogP contribution in [0.25, 0.3) is 5.57 Å². The average molecular weight is 843 g/mol. The van der Waals surface area contributed by atoms with E-state index in [4.69, 9.17) is 0 Å². The minimum atomic E-state index is -4.16. The molecule has 0 bridgehead atoms. The van der Waals surface area contributed by atoms with Crippen molar-refractivity contribution in [2.75, 3.05) is 0 Å². The van der Waals surface area contributed by atoms with Gasteiger partial charge in [-0.05, 0) is 122 Å². The monoisotopic (exact) mass is 841 g/mol. The highest BCUT2D eigenvalue weighted by Gasteiger charge is 2.41. The Hall–Kier alpha value is -5.46. The maximum Gasteiger partial charge on any atom is 0.241 e. The van der Waals surface area contributed by atoms with Crippen molar-refractivity contribution < 1.29 is 22.0 Å². The van der Waals surface area contributed by atoms with Crippen molar-refractivity contribution in [3.8, 4) is 11.8 Å². The summed E-state index contributed by atoms with van der Waals surface area (Å²) in [6.07, 6.45) is 1.77. The first kappa shape index (κ1) is 41.2. The lowest BCUT2D eigenvalue weighted by Crippen LogP contribution is -2.40. The third kappa shape index (κ3) is 9.92. The van der Waals surface area contributed by atoms with Crippen molar-refractivity contribution in [3.05, 3.63) is 212 Å². The molecular weight excluding hydrogens is 801 g/mol. The van der Waals surface area contributed by atoms with Gasteiger partial charge >= 0.3 is 0 Å². The second-order valence-electron chi connectivity index (χ2n) is 14.4. The van der Waals surface area contributed by atoms with Crippen molar-refractivity contribution in [3.63, 3.8) is 0 Å². The minimum absolute atomic E-state index is 0.0468. The van der Waals surface area contributed by atoms with Gasteiger partial charge in [-0.3, -0.25) is 4.79 Å². The van der Waals surface area contributed by atoms with Gasteiger partial charge < -0.3 is 0 Å². The Balaban J connectivity index is 1.59. The Morgan fingerprint density at radius 2 is 1.12 bits per heavy atom. The van der Waals surface area contributed by atoms with E-state index in [1.54, 1.807) is 60.7 Å². The first-order valence-corrected chi connectivity index (χ1v) is 20.8. The lowest BCUT2D eigenvalue weighted by atomic mass is 9.67. The summed E-state index contributed by atoms with van der Waals surface area (Å²) in [5, 5.41) is 0. The largest absolute Gasteiger partial charge is 0.300 e. The molecule has 0 amide bonds. The zero-order valence-electron chi connectivity index (χ0n) is 32.1. The fourth-order valence-electron chi connectivity index (χ4n) is 6.93. The predicted octanol–water partition coefficient (Wildman–Crippen LogP) is 11.4. The number of nitrogens with one attached hydrogen (secondary N) is 1. The second-order valence-corrected chi connectivity index (χ2v) is 17.0. The molecule has 0 spiro atoms. The van der Waals surface area contributed by atoms with Crippen molar-refractivity contribution in [1.82, 2.24) is 4.72 Å². The number of sulfonamides is 1. The average Bonchev–Trinajstić information content (AvgIpc) is 3.19. The summed E-state index contributed by atoms with van der Waals surface area (Å²) >= 11 is 3.48. The molecule has 8 heteroatoms. The van der Waals surface area contributed by atoms with Gasteiger partial charge in [-0.25, -0.2) is 21.9 Å². The topological polar surface area (TPSA) is 63.2 Å². The number of hydrogen-bond acceptors (Lipinski definition) is 3. The lowest BCUT2D eigenvalue weighted by Gasteiger charge is -2.36. The number of allylic oxidation sites excluding steroid dienone is 1. The summed E-state index contributed by atoms with van der Waals surface area (Å²) in [4.78, 5) is 14.2. The van der Waals surface area contributed by atoms with E-state index in [0.29, 0.717) is 16.7 Å². The molecule has 6 aromatic carbocycles. The molecule has 6 rings (SSSR count). The fraction of sp³-hybridized carbons (Fsp3) is 0.163. The van der Waals surface area contributed by atoms with Crippen LogP contribution >= 0.6 is 15.9 Å². The number of rotatable bonds is 12. The van der Waals surface area contributed by atoms with Crippen LogP contribution in [0, 0.1) is 50.2 Å². The smallest absolute Gasteiger partial charge is 0.241 e. The van der Waals surface area contributed by atoms with Crippen LogP contribution in [0.2, 0.25) is 0 Å². The Kier molecular flexibility index (Phi) is 12.8. The Labute approximate surface area is 342 Å². The fourth-order valence-corrected chi connectivity index (χ4v) is 8.46. The summed E-state index contributed by atoms with van der Waals surface area (Å²) < 4.78 is 61.1. The van der Waals surface area contributed by atoms with Gasteiger partial charge in [0, 0.05) is 10.4 Å². The van der Waals surface area contributed by atoms with Crippen LogP contribution < -0.4 is 4.72 Å². The number of carbonyl (C=O) groups is 1. The molecule has 0 aliphatic heterocycles. The summed E-state index contributed by atoms with van der Waals surface area (Å²) in [6, 6.07) is 40.5. The summed E-state index contributed by atoms with van der Waals surface area (Å²) in [5.41, 5.74) is 6.11. The maximum absolute atomic E-state index is 14.6. The number of aryl methyl sites for hydroxylation is 3. The normalized spacial score (nSPS) is 12.5. The second kappa shape index (κ2) is 17.8. The van der Waals surface area contributed by atoms with Crippen LogP contribution in [-0.2, 0) is 20.2 Å². The molecule has 1 N–H and O–H groups in total. The van der Waals surface area contributed by atoms with E-state index >= 15 is 0 Å². The van der Waals surface area contributed by atoms with E-state index in [0.717, 1.165) is 37.9 Å². The Bertz CT molecular complexity index is 2450. The molecule has 0 saturated carbocycles. The van der Waals surface area contributed by atoms with Gasteiger partial charge in [0.1, 0.15) is 17.4 Å². The summed E-state index contributed by atoms with van der Waals surface area (Å²) in [7, 11) is -4.16. The van der Waals surface area contributed by atoms with Gasteiger partial charge in [0.2, 0.25) is 10.0 Å². The molecule has 288 valence electrons. The number of carbonyl (C=O) groups excluding carboxylic acids is 1.